The molecule has 6 rings (SSSR count). The predicted molar refractivity (Wildman–Crippen MR) is 249 cm³/mol. The molecule has 0 fully saturated rings. The molecule has 0 unspecified atom stereocenters. The molecule has 0 bridgehead atoms. The van der Waals surface area contributed by atoms with E-state index >= 15 is 0 Å². The Hall–Kier alpha value is -7.70. The van der Waals surface area contributed by atoms with Crippen molar-refractivity contribution in [3.05, 3.63) is 191 Å². The van der Waals surface area contributed by atoms with Crippen LogP contribution in [-0.4, -0.2) is 53.0 Å². The van der Waals surface area contributed by atoms with E-state index in [2.05, 4.69) is 9.47 Å². The molecule has 10 nitrogen and oxygen atoms in total. The second-order valence-electron chi connectivity index (χ2n) is 16.4. The molecule has 0 aliphatic carbocycles. The summed E-state index contributed by atoms with van der Waals surface area (Å²) in [6, 6.07) is 34.8. The minimum Gasteiger partial charge on any atom is -0.428 e. The van der Waals surface area contributed by atoms with Crippen LogP contribution in [0.3, 0.4) is 0 Å². The summed E-state index contributed by atoms with van der Waals surface area (Å²) in [7, 11) is 0. The molecule has 0 saturated carbocycles. The number of halogens is 8. The number of ether oxygens (including phenoxy) is 4. The maximum absolute atomic E-state index is 13.2. The highest BCUT2D eigenvalue weighted by Gasteiger charge is 2.48. The topological polar surface area (TPSA) is 164 Å². The fourth-order valence-corrected chi connectivity index (χ4v) is 7.28. The third-order valence-electron chi connectivity index (χ3n) is 11.1. The molecule has 0 saturated heterocycles. The smallest absolute Gasteiger partial charge is 0.428 e. The van der Waals surface area contributed by atoms with Gasteiger partial charge in [-0.1, -0.05) is 72.8 Å². The lowest BCUT2D eigenvalue weighted by atomic mass is 9.66. The molecule has 0 amide bonds. The van der Waals surface area contributed by atoms with Crippen LogP contribution in [0.2, 0.25) is 0 Å². The van der Waals surface area contributed by atoms with Gasteiger partial charge >= 0.3 is 37.0 Å². The Kier molecular flexibility index (Phi) is 16.9. The zero-order chi connectivity index (χ0) is 51.4. The molecule has 0 atom stereocenters. The molecule has 6 aromatic carbocycles. The molecule has 6 aromatic rings. The van der Waals surface area contributed by atoms with Gasteiger partial charge in [0.25, 0.3) is 0 Å². The van der Waals surface area contributed by atoms with Gasteiger partial charge in [-0.3, -0.25) is 0 Å². The van der Waals surface area contributed by atoms with Crippen LogP contribution in [-0.2, 0) is 12.8 Å². The Bertz CT molecular complexity index is 2700. The van der Waals surface area contributed by atoms with Crippen molar-refractivity contribution in [2.24, 2.45) is 5.41 Å². The minimum atomic E-state index is -4.70. The van der Waals surface area contributed by atoms with Gasteiger partial charge in [0.05, 0.1) is 11.1 Å². The molecule has 6 N–H and O–H groups in total. The van der Waals surface area contributed by atoms with E-state index in [0.29, 0.717) is 28.9 Å². The zero-order valence-electron chi connectivity index (χ0n) is 37.4. The zero-order valence-corrected chi connectivity index (χ0v) is 37.4. The Morgan fingerprint density at radius 1 is 0.507 bits per heavy atom. The van der Waals surface area contributed by atoms with Crippen LogP contribution in [0.1, 0.15) is 62.2 Å². The lowest BCUT2D eigenvalue weighted by molar-refractivity contribution is -0.253. The number of carbonyl (C=O) groups is 2. The van der Waals surface area contributed by atoms with Gasteiger partial charge in [0.1, 0.15) is 23.0 Å². The van der Waals surface area contributed by atoms with E-state index in [1.807, 2.05) is 30.3 Å². The average Bonchev–Trinajstić information content (AvgIpc) is 3.33. The van der Waals surface area contributed by atoms with Gasteiger partial charge in [0.15, 0.2) is 5.79 Å². The normalized spacial score (nSPS) is 12.5. The first-order valence-corrected chi connectivity index (χ1v) is 21.6. The third kappa shape index (κ3) is 14.7. The van der Waals surface area contributed by atoms with E-state index in [1.54, 1.807) is 66.8 Å². The highest BCUT2D eigenvalue weighted by atomic mass is 19.3. The largest absolute Gasteiger partial charge is 0.461 e. The second-order valence-corrected chi connectivity index (χ2v) is 16.4. The number of hydrogen-bond acceptors (Lipinski definition) is 10. The molecule has 0 heterocycles. The first-order chi connectivity index (χ1) is 33.6. The van der Waals surface area contributed by atoms with Crippen molar-refractivity contribution in [3.8, 4) is 23.0 Å². The Balaban J connectivity index is 1.15. The summed E-state index contributed by atoms with van der Waals surface area (Å²) < 4.78 is 122. The van der Waals surface area contributed by atoms with Gasteiger partial charge in [0, 0.05) is 23.2 Å². The fraction of sp³-hybridized carbons (Fsp3) is 0.208. The molecule has 0 aromatic heterocycles. The van der Waals surface area contributed by atoms with E-state index in [0.717, 1.165) is 59.7 Å². The standard InChI is InChI=1S/C53H46F8N2O8/c54-48(55)52(58,59)70-44-26-22-42(23-27-44)68-46(64)38-14-6-34(7-15-38)4-1-2-30-50(32-36-10-18-40(62)19-11-36,33-37-12-20-41(63)21-13-37)51(66,67)31-3-5-35-8-16-39(17-9-35)47(65)69-43-24-28-45(29-25-43)71-53(60,61)49(56)57/h1,3-29,48-49,66-67H,2,30-33,62-63H2/b4-1+,5-3+. The van der Waals surface area contributed by atoms with Crippen molar-refractivity contribution in [1.29, 1.82) is 0 Å². The average molecular weight is 991 g/mol. The maximum Gasteiger partial charge on any atom is 0.461 e. The van der Waals surface area contributed by atoms with E-state index in [9.17, 15) is 54.9 Å². The molecule has 0 spiro atoms. The summed E-state index contributed by atoms with van der Waals surface area (Å²) in [6.07, 6.45) is -9.82. The van der Waals surface area contributed by atoms with Crippen molar-refractivity contribution in [2.75, 3.05) is 11.5 Å². The summed E-state index contributed by atoms with van der Waals surface area (Å²) >= 11 is 0. The first kappa shape index (κ1) is 52.7. The number of benzene rings is 6. The van der Waals surface area contributed by atoms with Gasteiger partial charge in [-0.25, -0.2) is 9.59 Å². The number of hydrogen-bond donors (Lipinski definition) is 4. The maximum atomic E-state index is 13.2. The first-order valence-electron chi connectivity index (χ1n) is 21.6. The molecular formula is C53H46F8N2O8. The minimum absolute atomic E-state index is 0.0446. The molecule has 0 radical (unpaired) electrons. The number of allylic oxidation sites excluding steroid dienone is 1. The lowest BCUT2D eigenvalue weighted by Crippen LogP contribution is -2.51. The van der Waals surface area contributed by atoms with Crippen molar-refractivity contribution in [3.63, 3.8) is 0 Å². The number of aliphatic hydroxyl groups is 2. The van der Waals surface area contributed by atoms with Gasteiger partial charge in [-0.05, 0) is 145 Å². The number of nitrogen functional groups attached to an aromatic ring is 2. The third-order valence-corrected chi connectivity index (χ3v) is 11.1. The summed E-state index contributed by atoms with van der Waals surface area (Å²) in [5, 5.41) is 24.5. The number of rotatable bonds is 22. The van der Waals surface area contributed by atoms with Crippen LogP contribution in [0.25, 0.3) is 12.2 Å². The van der Waals surface area contributed by atoms with E-state index in [1.165, 1.54) is 24.3 Å². The van der Waals surface area contributed by atoms with Gasteiger partial charge in [-0.2, -0.15) is 35.1 Å². The molecule has 71 heavy (non-hydrogen) atoms. The van der Waals surface area contributed by atoms with Gasteiger partial charge in [0.2, 0.25) is 0 Å². The number of alkyl halides is 8. The van der Waals surface area contributed by atoms with Crippen LogP contribution < -0.4 is 30.4 Å². The van der Waals surface area contributed by atoms with Crippen LogP contribution in [0.4, 0.5) is 46.5 Å². The molecular weight excluding hydrogens is 945 g/mol. The van der Waals surface area contributed by atoms with Gasteiger partial charge in [-0.15, -0.1) is 0 Å². The second kappa shape index (κ2) is 22.8. The van der Waals surface area contributed by atoms with Crippen molar-refractivity contribution in [2.45, 2.75) is 63.0 Å². The summed E-state index contributed by atoms with van der Waals surface area (Å²) in [5.41, 5.74) is 14.9. The number of nitrogens with two attached hydrogens (primary N) is 2. The van der Waals surface area contributed by atoms with E-state index in [-0.39, 0.29) is 48.3 Å². The predicted octanol–water partition coefficient (Wildman–Crippen LogP) is 11.8. The summed E-state index contributed by atoms with van der Waals surface area (Å²) in [4.78, 5) is 25.7. The molecule has 372 valence electrons. The highest BCUT2D eigenvalue weighted by molar-refractivity contribution is 5.92. The van der Waals surface area contributed by atoms with E-state index < -0.39 is 59.7 Å². The fourth-order valence-electron chi connectivity index (χ4n) is 7.28. The van der Waals surface area contributed by atoms with Crippen LogP contribution in [0.15, 0.2) is 158 Å². The quantitative estimate of drug-likeness (QED) is 0.0169. The van der Waals surface area contributed by atoms with Crippen LogP contribution in [0.5, 0.6) is 23.0 Å². The van der Waals surface area contributed by atoms with Crippen LogP contribution in [0, 0.1) is 5.41 Å². The molecule has 18 heteroatoms. The highest BCUT2D eigenvalue weighted by Crippen LogP contribution is 2.44. The Labute approximate surface area is 402 Å². The number of anilines is 2. The number of esters is 2. The van der Waals surface area contributed by atoms with Gasteiger partial charge < -0.3 is 40.6 Å². The summed E-state index contributed by atoms with van der Waals surface area (Å²) in [5.74, 6) is -5.14. The van der Waals surface area contributed by atoms with Crippen molar-refractivity contribution < 1.29 is 73.9 Å². The Morgan fingerprint density at radius 2 is 0.859 bits per heavy atom. The lowest BCUT2D eigenvalue weighted by Gasteiger charge is -2.44. The summed E-state index contributed by atoms with van der Waals surface area (Å²) in [6.45, 7) is 0. The molecule has 0 aliphatic rings. The van der Waals surface area contributed by atoms with Crippen molar-refractivity contribution >= 4 is 35.5 Å². The SMILES string of the molecule is Nc1ccc(CC(CC/C=C/c2ccc(C(=O)Oc3ccc(OC(F)(F)C(F)F)cc3)cc2)(Cc2ccc(N)cc2)C(O)(O)C/C=C/c2ccc(C(=O)Oc3ccc(OC(F)(F)C(F)F)cc3)cc2)cc1. The van der Waals surface area contributed by atoms with Crippen LogP contribution >= 0.6 is 0 Å². The Morgan fingerprint density at radius 3 is 1.23 bits per heavy atom. The molecule has 0 aliphatic heterocycles. The number of carbonyl (C=O) groups excluding carboxylic acids is 2. The monoisotopic (exact) mass is 990 g/mol. The van der Waals surface area contributed by atoms with E-state index in [4.69, 9.17) is 20.9 Å². The van der Waals surface area contributed by atoms with Crippen molar-refractivity contribution in [1.82, 2.24) is 0 Å².